The fourth-order valence-electron chi connectivity index (χ4n) is 1.37. The van der Waals surface area contributed by atoms with E-state index < -0.39 is 11.6 Å². The molecule has 0 fully saturated rings. The van der Waals surface area contributed by atoms with Crippen LogP contribution in [0.4, 0.5) is 14.5 Å². The topological polar surface area (TPSA) is 29.9 Å². The van der Waals surface area contributed by atoms with Crippen LogP contribution in [0.3, 0.4) is 0 Å². The van der Waals surface area contributed by atoms with Crippen molar-refractivity contribution in [2.75, 3.05) is 5.32 Å². The van der Waals surface area contributed by atoms with Crippen molar-refractivity contribution in [3.8, 4) is 0 Å². The molecule has 1 N–H and O–H groups in total. The smallest absolute Gasteiger partial charge is 0.146 e. The number of aryl methyl sites for hydroxylation is 1. The Morgan fingerprint density at radius 3 is 2.88 bits per heavy atom. The van der Waals surface area contributed by atoms with E-state index in [0.717, 1.165) is 23.9 Å². The molecule has 2 rings (SSSR count). The van der Waals surface area contributed by atoms with Crippen molar-refractivity contribution in [1.82, 2.24) is 9.55 Å². The monoisotopic (exact) mass is 223 g/mol. The summed E-state index contributed by atoms with van der Waals surface area (Å²) in [7, 11) is 1.84. The molecule has 16 heavy (non-hydrogen) atoms. The van der Waals surface area contributed by atoms with Crippen molar-refractivity contribution in [3.05, 3.63) is 48.1 Å². The zero-order valence-corrected chi connectivity index (χ0v) is 8.74. The number of rotatable bonds is 3. The molecule has 2 aromatic rings. The number of hydrogen-bond donors (Lipinski definition) is 1. The highest BCUT2D eigenvalue weighted by molar-refractivity contribution is 5.45. The summed E-state index contributed by atoms with van der Waals surface area (Å²) in [5, 5.41) is 2.82. The molecular formula is C11H11F2N3. The maximum Gasteiger partial charge on any atom is 0.146 e. The lowest BCUT2D eigenvalue weighted by Gasteiger charge is -2.07. The van der Waals surface area contributed by atoms with Gasteiger partial charge in [-0.1, -0.05) is 0 Å². The summed E-state index contributed by atoms with van der Waals surface area (Å²) in [4.78, 5) is 3.93. The van der Waals surface area contributed by atoms with Gasteiger partial charge in [-0.05, 0) is 18.2 Å². The molecule has 5 heteroatoms. The van der Waals surface area contributed by atoms with E-state index in [4.69, 9.17) is 0 Å². The van der Waals surface area contributed by atoms with Gasteiger partial charge in [0, 0.05) is 13.2 Å². The average Bonchev–Trinajstić information content (AvgIpc) is 2.66. The van der Waals surface area contributed by atoms with E-state index in [2.05, 4.69) is 10.3 Å². The number of benzene rings is 1. The lowest BCUT2D eigenvalue weighted by molar-refractivity contribution is 0.602. The zero-order chi connectivity index (χ0) is 11.5. The molecule has 0 atom stereocenters. The summed E-state index contributed by atoms with van der Waals surface area (Å²) in [5.74, 6) is -0.933. The van der Waals surface area contributed by atoms with Gasteiger partial charge < -0.3 is 9.88 Å². The van der Waals surface area contributed by atoms with E-state index in [-0.39, 0.29) is 5.69 Å². The Labute approximate surface area is 91.7 Å². The molecule has 0 amide bonds. The highest BCUT2D eigenvalue weighted by atomic mass is 19.1. The van der Waals surface area contributed by atoms with E-state index in [1.54, 1.807) is 12.5 Å². The molecular weight excluding hydrogens is 212 g/mol. The summed E-state index contributed by atoms with van der Waals surface area (Å²) < 4.78 is 27.9. The maximum atomic E-state index is 13.2. The highest BCUT2D eigenvalue weighted by Crippen LogP contribution is 2.16. The first kappa shape index (κ1) is 10.6. The van der Waals surface area contributed by atoms with Gasteiger partial charge in [0.2, 0.25) is 0 Å². The zero-order valence-electron chi connectivity index (χ0n) is 8.74. The first-order valence-electron chi connectivity index (χ1n) is 4.81. The number of nitrogens with one attached hydrogen (secondary N) is 1. The molecule has 0 saturated heterocycles. The minimum absolute atomic E-state index is 0.154. The van der Waals surface area contributed by atoms with Gasteiger partial charge in [-0.3, -0.25) is 0 Å². The summed E-state index contributed by atoms with van der Waals surface area (Å²) in [5.41, 5.74) is 1.05. The van der Waals surface area contributed by atoms with Gasteiger partial charge in [0.1, 0.15) is 11.6 Å². The van der Waals surface area contributed by atoms with Crippen LogP contribution in [0.5, 0.6) is 0 Å². The van der Waals surface area contributed by atoms with Crippen LogP contribution >= 0.6 is 0 Å². The first-order chi connectivity index (χ1) is 7.66. The molecule has 0 radical (unpaired) electrons. The number of aromatic nitrogens is 2. The van der Waals surface area contributed by atoms with Crippen molar-refractivity contribution in [3.63, 3.8) is 0 Å². The van der Waals surface area contributed by atoms with Gasteiger partial charge in [0.25, 0.3) is 0 Å². The molecule has 1 aromatic heterocycles. The van der Waals surface area contributed by atoms with E-state index in [9.17, 15) is 8.78 Å². The standard InChI is InChI=1S/C11H11F2N3/c1-16-7-14-5-9(16)6-15-11-4-8(12)2-3-10(11)13/h2-5,7,15H,6H2,1H3. The number of nitrogens with zero attached hydrogens (tertiary/aromatic N) is 2. The van der Waals surface area contributed by atoms with Crippen molar-refractivity contribution in [2.24, 2.45) is 7.05 Å². The number of halogens is 2. The normalized spacial score (nSPS) is 10.4. The fourth-order valence-corrected chi connectivity index (χ4v) is 1.37. The molecule has 1 heterocycles. The van der Waals surface area contributed by atoms with Gasteiger partial charge in [0.15, 0.2) is 0 Å². The Morgan fingerprint density at radius 2 is 2.19 bits per heavy atom. The second kappa shape index (κ2) is 4.30. The first-order valence-corrected chi connectivity index (χ1v) is 4.81. The molecule has 3 nitrogen and oxygen atoms in total. The molecule has 0 unspecified atom stereocenters. The van der Waals surface area contributed by atoms with Crippen molar-refractivity contribution >= 4 is 5.69 Å². The van der Waals surface area contributed by atoms with Crippen LogP contribution in [0.25, 0.3) is 0 Å². The second-order valence-corrected chi connectivity index (χ2v) is 3.47. The second-order valence-electron chi connectivity index (χ2n) is 3.47. The van der Waals surface area contributed by atoms with Gasteiger partial charge in [-0.25, -0.2) is 13.8 Å². The predicted molar refractivity (Wildman–Crippen MR) is 56.9 cm³/mol. The summed E-state index contributed by atoms with van der Waals surface area (Å²) >= 11 is 0. The van der Waals surface area contributed by atoms with E-state index in [1.165, 1.54) is 0 Å². The lowest BCUT2D eigenvalue weighted by atomic mass is 10.3. The van der Waals surface area contributed by atoms with E-state index in [1.807, 2.05) is 11.6 Å². The summed E-state index contributed by atoms with van der Waals surface area (Å²) in [6.07, 6.45) is 3.32. The minimum Gasteiger partial charge on any atom is -0.377 e. The SMILES string of the molecule is Cn1cncc1CNc1cc(F)ccc1F. The largest absolute Gasteiger partial charge is 0.377 e. The third-order valence-electron chi connectivity index (χ3n) is 2.30. The van der Waals surface area contributed by atoms with Gasteiger partial charge in [0.05, 0.1) is 24.3 Å². The molecule has 0 bridgehead atoms. The Morgan fingerprint density at radius 1 is 1.38 bits per heavy atom. The molecule has 0 saturated carbocycles. The quantitative estimate of drug-likeness (QED) is 0.865. The number of imidazole rings is 1. The summed E-state index contributed by atoms with van der Waals surface area (Å²) in [6, 6.07) is 3.32. The molecule has 0 aliphatic carbocycles. The number of anilines is 1. The third-order valence-corrected chi connectivity index (χ3v) is 2.30. The van der Waals surface area contributed by atoms with Crippen LogP contribution in [-0.4, -0.2) is 9.55 Å². The summed E-state index contributed by atoms with van der Waals surface area (Å²) in [6.45, 7) is 0.400. The van der Waals surface area contributed by atoms with Crippen molar-refractivity contribution < 1.29 is 8.78 Å². The average molecular weight is 223 g/mol. The predicted octanol–water partition coefficient (Wildman–Crippen LogP) is 2.31. The lowest BCUT2D eigenvalue weighted by Crippen LogP contribution is -2.05. The Kier molecular flexibility index (Phi) is 2.85. The molecule has 0 aliphatic rings. The molecule has 0 aliphatic heterocycles. The Bertz CT molecular complexity index is 494. The van der Waals surface area contributed by atoms with Gasteiger partial charge in [-0.2, -0.15) is 0 Å². The van der Waals surface area contributed by atoms with Crippen LogP contribution in [0.15, 0.2) is 30.7 Å². The Hall–Kier alpha value is -1.91. The van der Waals surface area contributed by atoms with Crippen LogP contribution in [0, 0.1) is 11.6 Å². The van der Waals surface area contributed by atoms with Crippen LogP contribution < -0.4 is 5.32 Å². The van der Waals surface area contributed by atoms with Gasteiger partial charge in [-0.15, -0.1) is 0 Å². The van der Waals surface area contributed by atoms with Crippen molar-refractivity contribution in [1.29, 1.82) is 0 Å². The third kappa shape index (κ3) is 2.18. The van der Waals surface area contributed by atoms with Gasteiger partial charge >= 0.3 is 0 Å². The van der Waals surface area contributed by atoms with E-state index in [0.29, 0.717) is 6.54 Å². The Balaban J connectivity index is 2.10. The maximum absolute atomic E-state index is 13.2. The molecule has 1 aromatic carbocycles. The van der Waals surface area contributed by atoms with Crippen molar-refractivity contribution in [2.45, 2.75) is 6.54 Å². The van der Waals surface area contributed by atoms with Crippen LogP contribution in [0.2, 0.25) is 0 Å². The molecule has 84 valence electrons. The molecule has 0 spiro atoms. The minimum atomic E-state index is -0.469. The number of hydrogen-bond acceptors (Lipinski definition) is 2. The fraction of sp³-hybridized carbons (Fsp3) is 0.182. The van der Waals surface area contributed by atoms with E-state index >= 15 is 0 Å². The van der Waals surface area contributed by atoms with Crippen LogP contribution in [0.1, 0.15) is 5.69 Å². The van der Waals surface area contributed by atoms with Crippen LogP contribution in [-0.2, 0) is 13.6 Å². The highest BCUT2D eigenvalue weighted by Gasteiger charge is 2.04.